The summed E-state index contributed by atoms with van der Waals surface area (Å²) in [6, 6.07) is 1.48. The quantitative estimate of drug-likeness (QED) is 0.809. The highest BCUT2D eigenvalue weighted by atomic mass is 35.5. The third kappa shape index (κ3) is 2.81. The van der Waals surface area contributed by atoms with Gasteiger partial charge in [-0.15, -0.1) is 11.6 Å². The van der Waals surface area contributed by atoms with Crippen LogP contribution in [0.3, 0.4) is 0 Å². The Morgan fingerprint density at radius 1 is 1.50 bits per heavy atom. The van der Waals surface area contributed by atoms with Crippen LogP contribution in [0, 0.1) is 0 Å². The van der Waals surface area contributed by atoms with Crippen molar-refractivity contribution in [3.8, 4) is 0 Å². The lowest BCUT2D eigenvalue weighted by molar-refractivity contribution is -0.136. The average Bonchev–Trinajstić information content (AvgIpc) is 2.85. The van der Waals surface area contributed by atoms with Gasteiger partial charge in [0.15, 0.2) is 5.38 Å². The van der Waals surface area contributed by atoms with E-state index in [9.17, 15) is 9.59 Å². The first-order valence-electron chi connectivity index (χ1n) is 5.77. The zero-order valence-electron chi connectivity index (χ0n) is 9.75. The molecule has 2 rings (SSSR count). The van der Waals surface area contributed by atoms with Gasteiger partial charge in [-0.25, -0.2) is 4.68 Å². The molecule has 1 aliphatic rings. The molecule has 0 saturated carbocycles. The summed E-state index contributed by atoms with van der Waals surface area (Å²) in [4.78, 5) is 24.5. The van der Waals surface area contributed by atoms with E-state index in [2.05, 4.69) is 10.00 Å². The largest absolute Gasteiger partial charge is 0.480 e. The summed E-state index contributed by atoms with van der Waals surface area (Å²) in [5, 5.41) is 11.5. The molecular weight excluding hydrogens is 258 g/mol. The van der Waals surface area contributed by atoms with Gasteiger partial charge in [-0.3, -0.25) is 9.59 Å². The summed E-state index contributed by atoms with van der Waals surface area (Å²) >= 11 is 5.58. The van der Waals surface area contributed by atoms with Gasteiger partial charge in [-0.2, -0.15) is 5.10 Å². The highest BCUT2D eigenvalue weighted by molar-refractivity contribution is 6.29. The Kier molecular flexibility index (Phi) is 3.86. The van der Waals surface area contributed by atoms with Crippen LogP contribution < -0.4 is 10.5 Å². The molecule has 1 aromatic rings. The molecule has 1 fully saturated rings. The van der Waals surface area contributed by atoms with Crippen LogP contribution in [-0.2, 0) is 11.3 Å². The fourth-order valence-corrected chi connectivity index (χ4v) is 2.07. The van der Waals surface area contributed by atoms with Crippen molar-refractivity contribution >= 4 is 23.3 Å². The molecule has 2 heterocycles. The number of hydrogen-bond acceptors (Lipinski definition) is 4. The van der Waals surface area contributed by atoms with Gasteiger partial charge in [0.1, 0.15) is 0 Å². The lowest BCUT2D eigenvalue weighted by Crippen LogP contribution is -2.31. The van der Waals surface area contributed by atoms with E-state index in [-0.39, 0.29) is 12.1 Å². The molecule has 1 aliphatic heterocycles. The fraction of sp³-hybridized carbons (Fsp3) is 0.545. The van der Waals surface area contributed by atoms with Crippen LogP contribution in [0.15, 0.2) is 17.1 Å². The molecule has 98 valence electrons. The second-order valence-electron chi connectivity index (χ2n) is 4.23. The molecular formula is C11H14ClN3O3. The van der Waals surface area contributed by atoms with Gasteiger partial charge in [0, 0.05) is 19.2 Å². The molecule has 1 N–H and O–H groups in total. The third-order valence-corrected chi connectivity index (χ3v) is 3.25. The summed E-state index contributed by atoms with van der Waals surface area (Å²) in [5.41, 5.74) is 0.460. The topological polar surface area (TPSA) is 75.4 Å². The molecule has 6 nitrogen and oxygen atoms in total. The minimum Gasteiger partial charge on any atom is -0.480 e. The number of carbonyl (C=O) groups is 1. The zero-order valence-corrected chi connectivity index (χ0v) is 10.5. The van der Waals surface area contributed by atoms with Crippen LogP contribution in [0.1, 0.15) is 12.8 Å². The highest BCUT2D eigenvalue weighted by Crippen LogP contribution is 2.16. The number of alkyl halides is 1. The monoisotopic (exact) mass is 271 g/mol. The molecule has 1 aromatic heterocycles. The summed E-state index contributed by atoms with van der Waals surface area (Å²) in [7, 11) is 0. The van der Waals surface area contributed by atoms with Crippen molar-refractivity contribution in [2.24, 2.45) is 0 Å². The van der Waals surface area contributed by atoms with E-state index in [0.29, 0.717) is 0 Å². The molecule has 0 spiro atoms. The highest BCUT2D eigenvalue weighted by Gasteiger charge is 2.17. The van der Waals surface area contributed by atoms with E-state index in [1.165, 1.54) is 6.07 Å². The number of carboxylic acid groups (broad SMARTS) is 1. The predicted octanol–water partition coefficient (Wildman–Crippen LogP) is 0.536. The second-order valence-corrected chi connectivity index (χ2v) is 4.76. The molecule has 18 heavy (non-hydrogen) atoms. The van der Waals surface area contributed by atoms with Gasteiger partial charge < -0.3 is 10.0 Å². The van der Waals surface area contributed by atoms with Crippen LogP contribution in [0.4, 0.5) is 5.69 Å². The van der Waals surface area contributed by atoms with Crippen molar-refractivity contribution < 1.29 is 9.90 Å². The fourth-order valence-electron chi connectivity index (χ4n) is 1.94. The SMILES string of the molecule is O=C(O)C(Cl)Cn1ncc(N2CCCC2)cc1=O. The van der Waals surface area contributed by atoms with E-state index < -0.39 is 11.3 Å². The summed E-state index contributed by atoms with van der Waals surface area (Å²) in [6.07, 6.45) is 3.82. The number of rotatable bonds is 4. The van der Waals surface area contributed by atoms with E-state index in [1.54, 1.807) is 6.20 Å². The lowest BCUT2D eigenvalue weighted by atomic mass is 10.4. The van der Waals surface area contributed by atoms with Crippen molar-refractivity contribution in [1.82, 2.24) is 9.78 Å². The number of aliphatic carboxylic acids is 1. The number of aromatic nitrogens is 2. The Labute approximate surface area is 109 Å². The van der Waals surface area contributed by atoms with E-state index >= 15 is 0 Å². The summed E-state index contributed by atoms with van der Waals surface area (Å²) in [6.45, 7) is 1.73. The van der Waals surface area contributed by atoms with E-state index in [0.717, 1.165) is 36.3 Å². The Balaban J connectivity index is 2.14. The van der Waals surface area contributed by atoms with Gasteiger partial charge in [-0.1, -0.05) is 0 Å². The Morgan fingerprint density at radius 2 is 2.17 bits per heavy atom. The molecule has 0 amide bonds. The minimum absolute atomic E-state index is 0.129. The minimum atomic E-state index is -1.16. The van der Waals surface area contributed by atoms with E-state index in [4.69, 9.17) is 16.7 Å². The van der Waals surface area contributed by atoms with Crippen LogP contribution >= 0.6 is 11.6 Å². The molecule has 0 aromatic carbocycles. The first-order valence-corrected chi connectivity index (χ1v) is 6.20. The van der Waals surface area contributed by atoms with Gasteiger partial charge >= 0.3 is 5.97 Å². The lowest BCUT2D eigenvalue weighted by Gasteiger charge is -2.17. The maximum Gasteiger partial charge on any atom is 0.323 e. The average molecular weight is 272 g/mol. The second kappa shape index (κ2) is 5.39. The maximum atomic E-state index is 11.8. The number of hydrogen-bond donors (Lipinski definition) is 1. The molecule has 1 saturated heterocycles. The molecule has 0 aliphatic carbocycles. The van der Waals surface area contributed by atoms with E-state index in [1.807, 2.05) is 0 Å². The van der Waals surface area contributed by atoms with Crippen molar-refractivity contribution in [1.29, 1.82) is 0 Å². The van der Waals surface area contributed by atoms with Gasteiger partial charge in [-0.05, 0) is 12.8 Å². The summed E-state index contributed by atoms with van der Waals surface area (Å²) < 4.78 is 1.07. The normalized spacial score (nSPS) is 16.8. The molecule has 0 radical (unpaired) electrons. The smallest absolute Gasteiger partial charge is 0.323 e. The van der Waals surface area contributed by atoms with Crippen LogP contribution in [-0.4, -0.2) is 39.3 Å². The molecule has 7 heteroatoms. The van der Waals surface area contributed by atoms with Crippen LogP contribution in [0.25, 0.3) is 0 Å². The summed E-state index contributed by atoms with van der Waals surface area (Å²) in [5.74, 6) is -1.16. The number of halogens is 1. The van der Waals surface area contributed by atoms with Gasteiger partial charge in [0.2, 0.25) is 0 Å². The Morgan fingerprint density at radius 3 is 2.72 bits per heavy atom. The first kappa shape index (κ1) is 12.9. The van der Waals surface area contributed by atoms with Crippen molar-refractivity contribution in [3.63, 3.8) is 0 Å². The number of anilines is 1. The predicted molar refractivity (Wildman–Crippen MR) is 67.2 cm³/mol. The zero-order chi connectivity index (χ0) is 13.1. The van der Waals surface area contributed by atoms with Crippen molar-refractivity contribution in [2.45, 2.75) is 24.8 Å². The maximum absolute atomic E-state index is 11.8. The van der Waals surface area contributed by atoms with Gasteiger partial charge in [0.05, 0.1) is 18.4 Å². The Bertz CT molecular complexity index is 497. The van der Waals surface area contributed by atoms with Gasteiger partial charge in [0.25, 0.3) is 5.56 Å². The van der Waals surface area contributed by atoms with Crippen LogP contribution in [0.5, 0.6) is 0 Å². The van der Waals surface area contributed by atoms with Crippen LogP contribution in [0.2, 0.25) is 0 Å². The first-order chi connectivity index (χ1) is 8.58. The molecule has 1 unspecified atom stereocenters. The standard InChI is InChI=1S/C11H14ClN3O3/c12-9(11(17)18)7-15-10(16)5-8(6-13-15)14-3-1-2-4-14/h5-6,9H,1-4,7H2,(H,17,18). The number of nitrogens with zero attached hydrogens (tertiary/aromatic N) is 3. The third-order valence-electron chi connectivity index (χ3n) is 2.93. The number of carboxylic acids is 1. The molecule has 1 atom stereocenters. The van der Waals surface area contributed by atoms with Crippen molar-refractivity contribution in [2.75, 3.05) is 18.0 Å². The molecule has 0 bridgehead atoms. The Hall–Kier alpha value is -1.56. The van der Waals surface area contributed by atoms with Crippen molar-refractivity contribution in [3.05, 3.63) is 22.6 Å².